The van der Waals surface area contributed by atoms with E-state index in [4.69, 9.17) is 0 Å². The van der Waals surface area contributed by atoms with Crippen molar-refractivity contribution in [2.45, 2.75) is 139 Å². The van der Waals surface area contributed by atoms with Gasteiger partial charge >= 0.3 is 0 Å². The van der Waals surface area contributed by atoms with Crippen LogP contribution < -0.4 is 42.5 Å². The number of aliphatic hydroxyl groups is 1. The van der Waals surface area contributed by atoms with Crippen LogP contribution in [0.2, 0.25) is 0 Å². The summed E-state index contributed by atoms with van der Waals surface area (Å²) in [5.74, 6) is 2.34. The maximum absolute atomic E-state index is 11.7. The molecule has 9 N–H and O–H groups in total. The minimum Gasteiger partial charge on any atom is -0.391 e. The van der Waals surface area contributed by atoms with E-state index in [0.717, 1.165) is 0 Å². The molecular weight excluding hydrogens is 564 g/mol. The number of aliphatic hydroxyl groups excluding tert-OH is 1. The van der Waals surface area contributed by atoms with Crippen molar-refractivity contribution in [2.24, 2.45) is 59.2 Å². The van der Waals surface area contributed by atoms with Gasteiger partial charge in [-0.2, -0.15) is 10.5 Å². The molecule has 8 bridgehead atoms. The van der Waals surface area contributed by atoms with E-state index in [0.29, 0.717) is 54.3 Å². The second-order valence-electron chi connectivity index (χ2n) is 16.3. The lowest BCUT2D eigenvalue weighted by atomic mass is 9.67. The van der Waals surface area contributed by atoms with Crippen LogP contribution in [0.15, 0.2) is 0 Å². The molecule has 9 aliphatic rings. The van der Waals surface area contributed by atoms with Gasteiger partial charge in [-0.25, -0.2) is 0 Å². The Morgan fingerprint density at radius 1 is 0.422 bits per heavy atom. The number of nitrogens with zero attached hydrogens (tertiary/aromatic N) is 2. The first-order valence-corrected chi connectivity index (χ1v) is 18.7. The average molecular weight is 619 g/mol. The van der Waals surface area contributed by atoms with Crippen molar-refractivity contribution < 1.29 is 5.11 Å². The fourth-order valence-electron chi connectivity index (χ4n) is 12.4. The molecule has 0 spiro atoms. The van der Waals surface area contributed by atoms with Crippen LogP contribution in [0.4, 0.5) is 0 Å². The van der Waals surface area contributed by atoms with Crippen molar-refractivity contribution in [3.05, 3.63) is 0 Å². The highest BCUT2D eigenvalue weighted by Gasteiger charge is 2.58. The molecule has 9 rings (SSSR count). The zero-order valence-electron chi connectivity index (χ0n) is 26.5. The molecule has 5 aliphatic heterocycles. The van der Waals surface area contributed by atoms with E-state index in [2.05, 4.69) is 54.7 Å². The Balaban J connectivity index is 1.07. The summed E-state index contributed by atoms with van der Waals surface area (Å²) < 4.78 is 0. The third-order valence-corrected chi connectivity index (χ3v) is 14.4. The first kappa shape index (κ1) is 29.7. The fourth-order valence-corrected chi connectivity index (χ4v) is 12.4. The summed E-state index contributed by atoms with van der Waals surface area (Å²) >= 11 is 0. The van der Waals surface area contributed by atoms with Gasteiger partial charge in [0.15, 0.2) is 0 Å². The molecule has 4 aliphatic carbocycles. The van der Waals surface area contributed by atoms with Gasteiger partial charge in [-0.15, -0.1) is 0 Å². The smallest absolute Gasteiger partial charge is 0.0884 e. The molecular formula is C34H54N10O. The lowest BCUT2D eigenvalue weighted by Gasteiger charge is -2.41. The van der Waals surface area contributed by atoms with Crippen LogP contribution in [-0.4, -0.2) is 60.5 Å². The predicted octanol–water partition coefficient (Wildman–Crippen LogP) is 1.08. The summed E-state index contributed by atoms with van der Waals surface area (Å²) in [5, 5.41) is 64.4. The summed E-state index contributed by atoms with van der Waals surface area (Å²) in [6, 6.07) is 4.74. The number of fused-ring (bicyclic) bond motifs is 20. The molecule has 0 aromatic heterocycles. The Morgan fingerprint density at radius 3 is 1.04 bits per heavy atom. The predicted molar refractivity (Wildman–Crippen MR) is 168 cm³/mol. The standard InChI is InChI=1S/C34H54N10O/c35-14-16-13-23-25(26(45)24(16)15-36)34-43-32-22-12-6-5-11-21(22)30(41-32)39-28-18-8-2-1-7-17(18)27(37-28)38-29-19-9-3-4-10-20(19)31(40-29)42-33(23)44-34/h16-34,37-45H,1-13H2. The monoisotopic (exact) mass is 618 g/mol. The van der Waals surface area contributed by atoms with Crippen molar-refractivity contribution in [3.63, 3.8) is 0 Å². The van der Waals surface area contributed by atoms with Gasteiger partial charge in [0.25, 0.3) is 0 Å². The first-order chi connectivity index (χ1) is 22.1. The molecule has 11 heteroatoms. The molecule has 4 saturated carbocycles. The zero-order valence-corrected chi connectivity index (χ0v) is 26.5. The fraction of sp³-hybridized carbons (Fsp3) is 0.941. The maximum atomic E-state index is 11.7. The highest BCUT2D eigenvalue weighted by Crippen LogP contribution is 2.47. The van der Waals surface area contributed by atoms with Crippen molar-refractivity contribution in [1.82, 2.24) is 42.5 Å². The minimum atomic E-state index is -0.841. The van der Waals surface area contributed by atoms with Crippen molar-refractivity contribution >= 4 is 0 Å². The van der Waals surface area contributed by atoms with Crippen LogP contribution in [0, 0.1) is 81.8 Å². The van der Waals surface area contributed by atoms with Crippen LogP contribution in [0.25, 0.3) is 0 Å². The zero-order chi connectivity index (χ0) is 30.2. The Labute approximate surface area is 268 Å². The van der Waals surface area contributed by atoms with Crippen LogP contribution >= 0.6 is 0 Å². The molecule has 0 aromatic carbocycles. The molecule has 0 radical (unpaired) electrons. The Bertz CT molecular complexity index is 1190. The molecule has 45 heavy (non-hydrogen) atoms. The lowest BCUT2D eigenvalue weighted by Crippen LogP contribution is -2.62. The van der Waals surface area contributed by atoms with Crippen molar-refractivity contribution in [2.75, 3.05) is 0 Å². The molecule has 19 atom stereocenters. The van der Waals surface area contributed by atoms with E-state index in [9.17, 15) is 15.6 Å². The highest BCUT2D eigenvalue weighted by atomic mass is 16.3. The number of hydrogen-bond acceptors (Lipinski definition) is 11. The lowest BCUT2D eigenvalue weighted by molar-refractivity contribution is -0.0169. The van der Waals surface area contributed by atoms with Gasteiger partial charge in [-0.3, -0.25) is 42.5 Å². The van der Waals surface area contributed by atoms with Gasteiger partial charge in [0.2, 0.25) is 0 Å². The summed E-state index contributed by atoms with van der Waals surface area (Å²) in [7, 11) is 0. The van der Waals surface area contributed by atoms with Crippen LogP contribution in [-0.2, 0) is 0 Å². The second kappa shape index (κ2) is 11.9. The highest BCUT2D eigenvalue weighted by molar-refractivity contribution is 5.15. The van der Waals surface area contributed by atoms with E-state index in [1.165, 1.54) is 77.0 Å². The van der Waals surface area contributed by atoms with Crippen molar-refractivity contribution in [1.29, 1.82) is 10.5 Å². The quantitative estimate of drug-likeness (QED) is 0.191. The molecule has 0 aromatic rings. The summed E-state index contributed by atoms with van der Waals surface area (Å²) in [4.78, 5) is 0. The first-order valence-electron chi connectivity index (χ1n) is 18.7. The van der Waals surface area contributed by atoms with E-state index in [1.54, 1.807) is 0 Å². The summed E-state index contributed by atoms with van der Waals surface area (Å²) in [5.41, 5.74) is 0. The van der Waals surface area contributed by atoms with Gasteiger partial charge < -0.3 is 5.11 Å². The third kappa shape index (κ3) is 4.91. The van der Waals surface area contributed by atoms with Crippen LogP contribution in [0.1, 0.15) is 83.5 Å². The van der Waals surface area contributed by atoms with Gasteiger partial charge in [0, 0.05) is 5.92 Å². The molecule has 0 amide bonds. The number of nitriles is 2. The van der Waals surface area contributed by atoms with Gasteiger partial charge in [0.05, 0.1) is 79.4 Å². The second-order valence-corrected chi connectivity index (χ2v) is 16.3. The summed E-state index contributed by atoms with van der Waals surface area (Å²) in [6.45, 7) is 0. The topological polar surface area (TPSA) is 164 Å². The Kier molecular flexibility index (Phi) is 7.89. The van der Waals surface area contributed by atoms with E-state index >= 15 is 0 Å². The number of rotatable bonds is 0. The average Bonchev–Trinajstić information content (AvgIpc) is 3.80. The van der Waals surface area contributed by atoms with Crippen LogP contribution in [0.3, 0.4) is 0 Å². The SMILES string of the molecule is N#CC1CC2C3NC4NC(NC5NC(NC6NC(NC(N3)C2C(O)C1C#N)C1CCCCC61)C1CCCCC51)C1CCCCC41. The molecule has 246 valence electrons. The molecule has 5 heterocycles. The number of nitrogens with one attached hydrogen (secondary N) is 8. The van der Waals surface area contributed by atoms with E-state index < -0.39 is 17.9 Å². The van der Waals surface area contributed by atoms with Gasteiger partial charge in [0.1, 0.15) is 0 Å². The largest absolute Gasteiger partial charge is 0.391 e. The Hall–Kier alpha value is -1.38. The van der Waals surface area contributed by atoms with Gasteiger partial charge in [-0.05, 0) is 86.4 Å². The van der Waals surface area contributed by atoms with E-state index in [-0.39, 0.29) is 48.8 Å². The molecule has 11 nitrogen and oxygen atoms in total. The molecule has 19 unspecified atom stereocenters. The van der Waals surface area contributed by atoms with Crippen LogP contribution in [0.5, 0.6) is 0 Å². The normalized spacial score (nSPS) is 57.1. The molecule has 9 fully saturated rings. The Morgan fingerprint density at radius 2 is 0.733 bits per heavy atom. The minimum absolute atomic E-state index is 0.0430. The maximum Gasteiger partial charge on any atom is 0.0884 e. The molecule has 5 saturated heterocycles. The van der Waals surface area contributed by atoms with Crippen molar-refractivity contribution in [3.8, 4) is 12.1 Å². The third-order valence-electron chi connectivity index (χ3n) is 14.4. The summed E-state index contributed by atoms with van der Waals surface area (Å²) in [6.07, 6.45) is 16.3. The van der Waals surface area contributed by atoms with E-state index in [1.807, 2.05) is 0 Å². The van der Waals surface area contributed by atoms with Gasteiger partial charge in [-0.1, -0.05) is 38.5 Å². The number of hydrogen-bond donors (Lipinski definition) is 9.